The van der Waals surface area contributed by atoms with Gasteiger partial charge in [0.1, 0.15) is 6.10 Å². The van der Waals surface area contributed by atoms with Crippen LogP contribution in [0.15, 0.2) is 0 Å². The smallest absolute Gasteiger partial charge is 0.192 e. The minimum atomic E-state index is -1.71. The van der Waals surface area contributed by atoms with E-state index in [9.17, 15) is 5.11 Å². The Labute approximate surface area is 181 Å². The number of ether oxygens (including phenoxy) is 1. The summed E-state index contributed by atoms with van der Waals surface area (Å²) in [5.74, 6) is 2.35. The second kappa shape index (κ2) is 8.22. The molecule has 0 spiro atoms. The lowest BCUT2D eigenvalue weighted by atomic mass is 9.61. The zero-order valence-corrected chi connectivity index (χ0v) is 21.5. The van der Waals surface area contributed by atoms with Crippen LogP contribution in [0.1, 0.15) is 92.9 Å². The summed E-state index contributed by atoms with van der Waals surface area (Å²) in [4.78, 5) is 0. The van der Waals surface area contributed by atoms with Crippen LogP contribution in [0, 0.1) is 23.2 Å². The lowest BCUT2D eigenvalue weighted by Gasteiger charge is -2.50. The number of hydrogen-bond donors (Lipinski definition) is 1. The van der Waals surface area contributed by atoms with Crippen molar-refractivity contribution in [3.05, 3.63) is 0 Å². The number of aliphatic hydroxyl groups excluding tert-OH is 1. The third-order valence-corrected chi connectivity index (χ3v) is 14.1. The quantitative estimate of drug-likeness (QED) is 0.355. The maximum Gasteiger partial charge on any atom is 0.192 e. The van der Waals surface area contributed by atoms with E-state index in [0.717, 1.165) is 24.2 Å². The molecule has 3 aliphatic rings. The maximum absolute atomic E-state index is 9.31. The van der Waals surface area contributed by atoms with Crippen molar-refractivity contribution in [2.45, 2.75) is 129 Å². The monoisotopic (exact) mass is 424 g/mol. The Morgan fingerprint density at radius 1 is 1.17 bits per heavy atom. The molecular weight excluding hydrogens is 376 g/mol. The third kappa shape index (κ3) is 4.66. The molecule has 0 aromatic carbocycles. The molecule has 1 N–H and O–H groups in total. The Kier molecular flexibility index (Phi) is 6.73. The van der Waals surface area contributed by atoms with Gasteiger partial charge in [0.25, 0.3) is 0 Å². The molecule has 29 heavy (non-hydrogen) atoms. The first-order valence-corrected chi connectivity index (χ1v) is 15.2. The van der Waals surface area contributed by atoms with Gasteiger partial charge in [0.2, 0.25) is 0 Å². The summed E-state index contributed by atoms with van der Waals surface area (Å²) in [5, 5.41) is 9.60. The van der Waals surface area contributed by atoms with Gasteiger partial charge in [-0.25, -0.2) is 0 Å². The highest BCUT2D eigenvalue weighted by Crippen LogP contribution is 2.59. The molecule has 3 fully saturated rings. The van der Waals surface area contributed by atoms with Gasteiger partial charge in [-0.2, -0.15) is 0 Å². The molecule has 4 heteroatoms. The normalized spacial score (nSPS) is 41.3. The fourth-order valence-corrected chi connectivity index (χ4v) is 7.90. The van der Waals surface area contributed by atoms with E-state index >= 15 is 0 Å². The van der Waals surface area contributed by atoms with Crippen molar-refractivity contribution in [1.82, 2.24) is 0 Å². The van der Waals surface area contributed by atoms with Crippen LogP contribution in [0.5, 0.6) is 0 Å². The van der Waals surface area contributed by atoms with Crippen molar-refractivity contribution >= 4 is 8.32 Å². The molecule has 0 radical (unpaired) electrons. The number of rotatable bonds is 8. The van der Waals surface area contributed by atoms with Crippen LogP contribution in [-0.2, 0) is 9.16 Å². The molecule has 1 heterocycles. The molecule has 3 rings (SSSR count). The lowest BCUT2D eigenvalue weighted by Crippen LogP contribution is -2.50. The average Bonchev–Trinajstić information content (AvgIpc) is 3.11. The van der Waals surface area contributed by atoms with E-state index < -0.39 is 8.32 Å². The summed E-state index contributed by atoms with van der Waals surface area (Å²) in [6.45, 7) is 19.4. The molecule has 2 aliphatic carbocycles. The van der Waals surface area contributed by atoms with Gasteiger partial charge < -0.3 is 14.3 Å². The molecule has 7 atom stereocenters. The highest BCUT2D eigenvalue weighted by atomic mass is 28.4. The maximum atomic E-state index is 9.31. The van der Waals surface area contributed by atoms with E-state index in [1.165, 1.54) is 44.9 Å². The van der Waals surface area contributed by atoms with Crippen molar-refractivity contribution in [1.29, 1.82) is 0 Å². The van der Waals surface area contributed by atoms with Crippen molar-refractivity contribution in [3.63, 3.8) is 0 Å². The predicted octanol–water partition coefficient (Wildman–Crippen LogP) is 6.55. The third-order valence-electron chi connectivity index (χ3n) is 9.61. The standard InChI is InChI=1S/C25H48O3Si/c1-18(11-9-16-25(6)22(17-26)27-25)19-13-14-20-21(12-10-15-24(19,20)5)28-29(7,8)23(2,3)4/h18-22,26H,9-17H2,1-8H3/t18-,19-,20+,21+,22-,24-,25-/m1/s1. The van der Waals surface area contributed by atoms with E-state index in [1.807, 2.05) is 0 Å². The first kappa shape index (κ1) is 23.8. The number of epoxide rings is 1. The number of hydrogen-bond acceptors (Lipinski definition) is 3. The largest absolute Gasteiger partial charge is 0.414 e. The highest BCUT2D eigenvalue weighted by molar-refractivity contribution is 6.74. The van der Waals surface area contributed by atoms with Crippen LogP contribution in [0.25, 0.3) is 0 Å². The molecule has 3 nitrogen and oxygen atoms in total. The zero-order chi connectivity index (χ0) is 21.7. The minimum Gasteiger partial charge on any atom is -0.414 e. The van der Waals surface area contributed by atoms with Crippen LogP contribution in [0.4, 0.5) is 0 Å². The highest BCUT2D eigenvalue weighted by Gasteiger charge is 2.55. The van der Waals surface area contributed by atoms with E-state index in [2.05, 4.69) is 54.6 Å². The van der Waals surface area contributed by atoms with Gasteiger partial charge in [-0.05, 0) is 80.3 Å². The van der Waals surface area contributed by atoms with E-state index in [0.29, 0.717) is 16.6 Å². The lowest BCUT2D eigenvalue weighted by molar-refractivity contribution is -0.0213. The second-order valence-corrected chi connectivity index (χ2v) is 17.3. The molecule has 1 saturated heterocycles. The first-order valence-electron chi connectivity index (χ1n) is 12.3. The van der Waals surface area contributed by atoms with Crippen LogP contribution >= 0.6 is 0 Å². The molecule has 0 amide bonds. The molecule has 170 valence electrons. The average molecular weight is 425 g/mol. The fraction of sp³-hybridized carbons (Fsp3) is 1.00. The molecule has 1 aliphatic heterocycles. The summed E-state index contributed by atoms with van der Waals surface area (Å²) < 4.78 is 12.7. The Bertz CT molecular complexity index is 571. The summed E-state index contributed by atoms with van der Waals surface area (Å²) in [6.07, 6.45) is 10.9. The van der Waals surface area contributed by atoms with Gasteiger partial charge in [0.15, 0.2) is 8.32 Å². The molecule has 0 aromatic rings. The number of fused-ring (bicyclic) bond motifs is 1. The first-order chi connectivity index (χ1) is 13.3. The molecule has 2 saturated carbocycles. The predicted molar refractivity (Wildman–Crippen MR) is 124 cm³/mol. The molecular formula is C25H48O3Si. The van der Waals surface area contributed by atoms with Gasteiger partial charge in [-0.1, -0.05) is 53.9 Å². The number of aliphatic hydroxyl groups is 1. The second-order valence-electron chi connectivity index (χ2n) is 12.6. The van der Waals surface area contributed by atoms with Gasteiger partial charge in [0.05, 0.1) is 12.2 Å². The van der Waals surface area contributed by atoms with Gasteiger partial charge >= 0.3 is 0 Å². The van der Waals surface area contributed by atoms with E-state index in [1.54, 1.807) is 0 Å². The SMILES string of the molecule is C[C@H](CCC[C@@]1(C)O[C@@H]1CO)[C@H]1CC[C@H]2[C@@H](O[Si](C)(C)C(C)(C)C)CCC[C@]12C. The Balaban J connectivity index is 1.59. The minimum absolute atomic E-state index is 0.0521. The van der Waals surface area contributed by atoms with Crippen molar-refractivity contribution in [2.24, 2.45) is 23.2 Å². The van der Waals surface area contributed by atoms with Crippen LogP contribution in [-0.4, -0.2) is 37.8 Å². The molecule has 0 bridgehead atoms. The van der Waals surface area contributed by atoms with Gasteiger partial charge in [-0.15, -0.1) is 0 Å². The Morgan fingerprint density at radius 3 is 2.45 bits per heavy atom. The Morgan fingerprint density at radius 2 is 1.86 bits per heavy atom. The summed E-state index contributed by atoms with van der Waals surface area (Å²) in [5.41, 5.74) is 0.405. The van der Waals surface area contributed by atoms with Crippen molar-refractivity contribution in [3.8, 4) is 0 Å². The zero-order valence-electron chi connectivity index (χ0n) is 20.5. The Hall–Kier alpha value is 0.0969. The van der Waals surface area contributed by atoms with Crippen LogP contribution in [0.2, 0.25) is 18.1 Å². The molecule has 0 unspecified atom stereocenters. The van der Waals surface area contributed by atoms with Crippen LogP contribution < -0.4 is 0 Å². The van der Waals surface area contributed by atoms with Gasteiger partial charge in [-0.3, -0.25) is 0 Å². The van der Waals surface area contributed by atoms with Crippen molar-refractivity contribution in [2.75, 3.05) is 6.61 Å². The van der Waals surface area contributed by atoms with Crippen molar-refractivity contribution < 1.29 is 14.3 Å². The van der Waals surface area contributed by atoms with Gasteiger partial charge in [0, 0.05) is 6.10 Å². The summed E-state index contributed by atoms with van der Waals surface area (Å²) in [7, 11) is -1.71. The summed E-state index contributed by atoms with van der Waals surface area (Å²) in [6, 6.07) is 0. The topological polar surface area (TPSA) is 42.0 Å². The summed E-state index contributed by atoms with van der Waals surface area (Å²) >= 11 is 0. The fourth-order valence-electron chi connectivity index (χ4n) is 6.51. The van der Waals surface area contributed by atoms with E-state index in [4.69, 9.17) is 9.16 Å². The van der Waals surface area contributed by atoms with Crippen LogP contribution in [0.3, 0.4) is 0 Å². The molecule has 0 aromatic heterocycles. The van der Waals surface area contributed by atoms with E-state index in [-0.39, 0.29) is 18.3 Å².